The van der Waals surface area contributed by atoms with Crippen LogP contribution < -0.4 is 0 Å². The number of rotatable bonds is 2. The van der Waals surface area contributed by atoms with Crippen molar-refractivity contribution in [3.05, 3.63) is 71.0 Å². The first kappa shape index (κ1) is 22.9. The average molecular weight is 485 g/mol. The van der Waals surface area contributed by atoms with Crippen molar-refractivity contribution in [3.8, 4) is 0 Å². The van der Waals surface area contributed by atoms with Crippen LogP contribution in [-0.4, -0.2) is 63.6 Å². The molecule has 1 saturated carbocycles. The molecule has 2 aliphatic heterocycles. The van der Waals surface area contributed by atoms with Crippen LogP contribution in [0, 0.1) is 11.3 Å². The number of ether oxygens (including phenoxy) is 1. The predicted octanol–water partition coefficient (Wildman–Crippen LogP) is 4.65. The Kier molecular flexibility index (Phi) is 4.69. The fraction of sp³-hybridized carbons (Fsp3) is 0.516. The summed E-state index contributed by atoms with van der Waals surface area (Å²) in [6.45, 7) is 4.69. The molecular weight excluding hydrogens is 448 g/mol. The molecule has 1 aromatic heterocycles. The maximum Gasteiger partial charge on any atom is 0.105 e. The van der Waals surface area contributed by atoms with Crippen molar-refractivity contribution in [2.45, 2.75) is 75.4 Å². The van der Waals surface area contributed by atoms with E-state index in [9.17, 15) is 10.2 Å². The summed E-state index contributed by atoms with van der Waals surface area (Å²) < 4.78 is 7.32. The lowest BCUT2D eigenvalue weighted by Crippen LogP contribution is -2.62. The Morgan fingerprint density at radius 2 is 1.97 bits per heavy atom. The monoisotopic (exact) mass is 484 g/mol. The van der Waals surface area contributed by atoms with Crippen LogP contribution in [-0.2, 0) is 4.74 Å². The Bertz CT molecular complexity index is 1370. The van der Waals surface area contributed by atoms with Crippen molar-refractivity contribution in [3.63, 3.8) is 0 Å². The number of hydrogen-bond acceptors (Lipinski definition) is 5. The number of aliphatic hydroxyl groups is 2. The molecule has 7 unspecified atom stereocenters. The normalized spacial score (nSPS) is 41.2. The van der Waals surface area contributed by atoms with Crippen LogP contribution in [0.4, 0.5) is 0 Å². The van der Waals surface area contributed by atoms with Gasteiger partial charge in [-0.15, -0.1) is 0 Å². The summed E-state index contributed by atoms with van der Waals surface area (Å²) in [4.78, 5) is 6.56. The molecule has 2 spiro atoms. The highest BCUT2D eigenvalue weighted by Crippen LogP contribution is 2.69. The minimum atomic E-state index is -0.890. The summed E-state index contributed by atoms with van der Waals surface area (Å²) in [6.07, 6.45) is 9.42. The van der Waals surface area contributed by atoms with Crippen molar-refractivity contribution in [2.24, 2.45) is 11.3 Å². The van der Waals surface area contributed by atoms with Gasteiger partial charge in [-0.2, -0.15) is 0 Å². The van der Waals surface area contributed by atoms with E-state index in [1.54, 1.807) is 0 Å². The molecule has 0 amide bonds. The van der Waals surface area contributed by atoms with E-state index in [4.69, 9.17) is 4.74 Å². The van der Waals surface area contributed by atoms with Gasteiger partial charge in [0.05, 0.1) is 22.8 Å². The number of hydrogen-bond donors (Lipinski definition) is 2. The van der Waals surface area contributed by atoms with Crippen LogP contribution in [0.25, 0.3) is 16.5 Å². The molecule has 3 heterocycles. The number of nitrogens with zero attached hydrogens (tertiary/aromatic N) is 2. The van der Waals surface area contributed by atoms with E-state index in [0.717, 1.165) is 43.2 Å². The molecule has 5 heteroatoms. The smallest absolute Gasteiger partial charge is 0.105 e. The third-order valence-electron chi connectivity index (χ3n) is 10.3. The molecule has 5 aliphatic rings. The molecule has 5 nitrogen and oxygen atoms in total. The molecule has 7 atom stereocenters. The standard InChI is InChI=1S/C31H36N2O3/c1-18-16-29(2)21(19-7-9-24-20(14-19)6-5-13-32-24)8-10-26(29)31-12-11-30(36-31)17-25(33(3)4)28(35)27(34)23(30)15-22(18)31/h5-9,13-15,25-28,34-35H,10-12,16-17H2,1-4H3. The van der Waals surface area contributed by atoms with Crippen LogP contribution in [0.15, 0.2) is 65.4 Å². The first-order valence-electron chi connectivity index (χ1n) is 13.4. The van der Waals surface area contributed by atoms with E-state index in [1.165, 1.54) is 27.7 Å². The van der Waals surface area contributed by atoms with Gasteiger partial charge in [0.25, 0.3) is 0 Å². The number of benzene rings is 1. The van der Waals surface area contributed by atoms with Crippen molar-refractivity contribution >= 4 is 16.5 Å². The first-order valence-corrected chi connectivity index (χ1v) is 13.4. The molecule has 2 aromatic rings. The summed E-state index contributed by atoms with van der Waals surface area (Å²) in [5, 5.41) is 23.4. The number of fused-ring (bicyclic) bond motifs is 2. The number of pyridine rings is 1. The van der Waals surface area contributed by atoms with Gasteiger partial charge >= 0.3 is 0 Å². The molecule has 1 aromatic carbocycles. The molecule has 1 saturated heterocycles. The topological polar surface area (TPSA) is 65.8 Å². The van der Waals surface area contributed by atoms with E-state index in [1.807, 2.05) is 31.3 Å². The van der Waals surface area contributed by atoms with E-state index >= 15 is 0 Å². The van der Waals surface area contributed by atoms with Gasteiger partial charge in [0.1, 0.15) is 6.10 Å². The molecule has 36 heavy (non-hydrogen) atoms. The average Bonchev–Trinajstić information content (AvgIpc) is 3.36. The van der Waals surface area contributed by atoms with Gasteiger partial charge in [-0.3, -0.25) is 4.98 Å². The number of aliphatic hydroxyl groups excluding tert-OH is 2. The third-order valence-corrected chi connectivity index (χ3v) is 10.3. The summed E-state index contributed by atoms with van der Waals surface area (Å²) >= 11 is 0. The second kappa shape index (κ2) is 7.38. The minimum absolute atomic E-state index is 0.0198. The van der Waals surface area contributed by atoms with Gasteiger partial charge in [-0.25, -0.2) is 0 Å². The lowest BCUT2D eigenvalue weighted by Gasteiger charge is -2.56. The molecule has 7 rings (SSSR count). The lowest BCUT2D eigenvalue weighted by molar-refractivity contribution is -0.162. The zero-order valence-electron chi connectivity index (χ0n) is 21.7. The Balaban J connectivity index is 1.33. The summed E-state index contributed by atoms with van der Waals surface area (Å²) in [5.74, 6) is 0.349. The fourth-order valence-corrected chi connectivity index (χ4v) is 8.69. The van der Waals surface area contributed by atoms with Gasteiger partial charge < -0.3 is 19.8 Å². The predicted molar refractivity (Wildman–Crippen MR) is 141 cm³/mol. The van der Waals surface area contributed by atoms with Gasteiger partial charge in [-0.1, -0.05) is 36.8 Å². The maximum absolute atomic E-state index is 11.2. The van der Waals surface area contributed by atoms with Gasteiger partial charge in [0, 0.05) is 29.0 Å². The van der Waals surface area contributed by atoms with Crippen LogP contribution in [0.5, 0.6) is 0 Å². The maximum atomic E-state index is 11.2. The molecule has 3 aliphatic carbocycles. The third kappa shape index (κ3) is 2.78. The highest BCUT2D eigenvalue weighted by atomic mass is 16.5. The van der Waals surface area contributed by atoms with E-state index in [0.29, 0.717) is 5.92 Å². The zero-order valence-corrected chi connectivity index (χ0v) is 21.7. The second-order valence-electron chi connectivity index (χ2n) is 12.4. The Hall–Kier alpha value is -2.31. The number of allylic oxidation sites excluding steroid dienone is 3. The Labute approximate surface area is 213 Å². The van der Waals surface area contributed by atoms with E-state index < -0.39 is 17.8 Å². The highest BCUT2D eigenvalue weighted by molar-refractivity contribution is 5.85. The molecule has 2 N–H and O–H groups in total. The van der Waals surface area contributed by atoms with Gasteiger partial charge in [0.2, 0.25) is 0 Å². The lowest BCUT2D eigenvalue weighted by atomic mass is 9.56. The molecule has 188 valence electrons. The van der Waals surface area contributed by atoms with Crippen molar-refractivity contribution < 1.29 is 14.9 Å². The van der Waals surface area contributed by atoms with Crippen molar-refractivity contribution in [1.29, 1.82) is 0 Å². The highest BCUT2D eigenvalue weighted by Gasteiger charge is 2.68. The largest absolute Gasteiger partial charge is 0.388 e. The van der Waals surface area contributed by atoms with Crippen LogP contribution in [0.1, 0.15) is 51.5 Å². The van der Waals surface area contributed by atoms with Gasteiger partial charge in [0.15, 0.2) is 0 Å². The minimum Gasteiger partial charge on any atom is -0.388 e. The van der Waals surface area contributed by atoms with Crippen molar-refractivity contribution in [1.82, 2.24) is 9.88 Å². The summed E-state index contributed by atoms with van der Waals surface area (Å²) in [7, 11) is 3.97. The molecular formula is C31H36N2O3. The quantitative estimate of drug-likeness (QED) is 0.650. The van der Waals surface area contributed by atoms with Gasteiger partial charge in [-0.05, 0) is 93.6 Å². The van der Waals surface area contributed by atoms with Crippen LogP contribution >= 0.6 is 0 Å². The molecule has 0 radical (unpaired) electrons. The second-order valence-corrected chi connectivity index (χ2v) is 12.4. The fourth-order valence-electron chi connectivity index (χ4n) is 8.69. The first-order chi connectivity index (χ1) is 17.2. The number of aromatic nitrogens is 1. The van der Waals surface area contributed by atoms with Crippen LogP contribution in [0.2, 0.25) is 0 Å². The Morgan fingerprint density at radius 3 is 2.78 bits per heavy atom. The van der Waals surface area contributed by atoms with Crippen molar-refractivity contribution in [2.75, 3.05) is 14.1 Å². The summed E-state index contributed by atoms with van der Waals surface area (Å²) in [6, 6.07) is 10.7. The number of likely N-dealkylation sites (N-methyl/N-ethyl adjacent to an activating group) is 1. The van der Waals surface area contributed by atoms with E-state index in [2.05, 4.69) is 55.2 Å². The summed E-state index contributed by atoms with van der Waals surface area (Å²) in [5.41, 5.74) is 6.40. The molecule has 2 bridgehead atoms. The molecule has 2 fully saturated rings. The van der Waals surface area contributed by atoms with E-state index in [-0.39, 0.29) is 17.1 Å². The Morgan fingerprint density at radius 1 is 1.14 bits per heavy atom. The SMILES string of the molecule is CC1=C2C=C3C(O)C(O)C(N(C)C)CC34CCC2(O4)C2CC=C(c3ccc4ncccc4c3)C2(C)C1. The van der Waals surface area contributed by atoms with Crippen LogP contribution in [0.3, 0.4) is 0 Å². The zero-order chi connectivity index (χ0) is 25.0.